The van der Waals surface area contributed by atoms with Gasteiger partial charge in [0.1, 0.15) is 0 Å². The fourth-order valence-electron chi connectivity index (χ4n) is 3.38. The molecule has 0 saturated carbocycles. The van der Waals surface area contributed by atoms with Gasteiger partial charge in [-0.2, -0.15) is 0 Å². The lowest BCUT2D eigenvalue weighted by Crippen LogP contribution is -2.34. The smallest absolute Gasteiger partial charge is 0.309 e. The zero-order chi connectivity index (χ0) is 15.6. The largest absolute Gasteiger partial charge is 0.481 e. The second-order valence-corrected chi connectivity index (χ2v) is 7.30. The van der Waals surface area contributed by atoms with E-state index >= 15 is 0 Å². The van der Waals surface area contributed by atoms with Gasteiger partial charge < -0.3 is 5.11 Å². The van der Waals surface area contributed by atoms with E-state index in [1.54, 1.807) is 0 Å². The highest BCUT2D eigenvalue weighted by atomic mass is 16.4. The molecule has 0 aromatic rings. The first-order valence-corrected chi connectivity index (χ1v) is 8.57. The Labute approximate surface area is 126 Å². The Morgan fingerprint density at radius 2 is 1.35 bits per heavy atom. The Bertz CT molecular complexity index is 246. The minimum Gasteiger partial charge on any atom is -0.481 e. The van der Waals surface area contributed by atoms with Crippen molar-refractivity contribution in [3.63, 3.8) is 0 Å². The van der Waals surface area contributed by atoms with Gasteiger partial charge in [0.25, 0.3) is 0 Å². The van der Waals surface area contributed by atoms with Gasteiger partial charge in [-0.15, -0.1) is 0 Å². The summed E-state index contributed by atoms with van der Waals surface area (Å²) in [5.74, 6) is 0.323. The van der Waals surface area contributed by atoms with E-state index in [4.69, 9.17) is 0 Å². The van der Waals surface area contributed by atoms with E-state index < -0.39 is 11.4 Å². The van der Waals surface area contributed by atoms with Crippen molar-refractivity contribution in [1.82, 2.24) is 0 Å². The summed E-state index contributed by atoms with van der Waals surface area (Å²) in [5, 5.41) is 9.76. The van der Waals surface area contributed by atoms with Gasteiger partial charge in [-0.3, -0.25) is 4.79 Å². The summed E-state index contributed by atoms with van der Waals surface area (Å²) in [6.07, 6.45) is 9.86. The Morgan fingerprint density at radius 3 is 1.75 bits per heavy atom. The molecular formula is C18H36O2. The van der Waals surface area contributed by atoms with Crippen LogP contribution in [-0.4, -0.2) is 11.1 Å². The van der Waals surface area contributed by atoms with Crippen molar-refractivity contribution in [2.24, 2.45) is 17.3 Å². The molecule has 0 unspecified atom stereocenters. The number of hydrogen-bond donors (Lipinski definition) is 1. The maximum absolute atomic E-state index is 11.9. The molecular weight excluding hydrogens is 248 g/mol. The third kappa shape index (κ3) is 7.91. The minimum atomic E-state index is -0.576. The van der Waals surface area contributed by atoms with Crippen molar-refractivity contribution in [1.29, 1.82) is 0 Å². The predicted octanol–water partition coefficient (Wildman–Crippen LogP) is 5.90. The predicted molar refractivity (Wildman–Crippen MR) is 87.0 cm³/mol. The summed E-state index contributed by atoms with van der Waals surface area (Å²) in [5.41, 5.74) is -0.493. The molecule has 0 amide bonds. The molecule has 0 spiro atoms. The van der Waals surface area contributed by atoms with Gasteiger partial charge in [-0.05, 0) is 31.1 Å². The van der Waals surface area contributed by atoms with Crippen LogP contribution in [0.15, 0.2) is 0 Å². The maximum Gasteiger partial charge on any atom is 0.309 e. The lowest BCUT2D eigenvalue weighted by atomic mass is 9.71. The number of rotatable bonds is 12. The zero-order valence-corrected chi connectivity index (χ0v) is 14.4. The summed E-state index contributed by atoms with van der Waals surface area (Å²) < 4.78 is 0. The van der Waals surface area contributed by atoms with Gasteiger partial charge >= 0.3 is 5.97 Å². The van der Waals surface area contributed by atoms with Gasteiger partial charge in [0.2, 0.25) is 0 Å². The number of carboxylic acids is 1. The van der Waals surface area contributed by atoms with Crippen LogP contribution in [0, 0.1) is 17.3 Å². The second-order valence-electron chi connectivity index (χ2n) is 7.30. The second kappa shape index (κ2) is 10.2. The van der Waals surface area contributed by atoms with E-state index in [0.717, 1.165) is 25.7 Å². The summed E-state index contributed by atoms with van der Waals surface area (Å²) in [4.78, 5) is 11.9. The number of carboxylic acid groups (broad SMARTS) is 1. The first kappa shape index (κ1) is 19.5. The summed E-state index contributed by atoms with van der Waals surface area (Å²) in [7, 11) is 0. The first-order chi connectivity index (χ1) is 9.34. The van der Waals surface area contributed by atoms with Crippen molar-refractivity contribution >= 4 is 5.97 Å². The molecule has 1 N–H and O–H groups in total. The molecule has 2 heteroatoms. The van der Waals surface area contributed by atoms with Crippen LogP contribution >= 0.6 is 0 Å². The minimum absolute atomic E-state index is 0.449. The molecule has 0 heterocycles. The number of carbonyl (C=O) groups is 1. The van der Waals surface area contributed by atoms with Crippen molar-refractivity contribution in [2.45, 2.75) is 92.4 Å². The molecule has 0 atom stereocenters. The molecule has 120 valence electrons. The van der Waals surface area contributed by atoms with Gasteiger partial charge in [0.05, 0.1) is 5.41 Å². The van der Waals surface area contributed by atoms with Crippen LogP contribution in [0.2, 0.25) is 0 Å². The monoisotopic (exact) mass is 284 g/mol. The van der Waals surface area contributed by atoms with E-state index in [0.29, 0.717) is 11.8 Å². The number of aliphatic carboxylic acids is 1. The first-order valence-electron chi connectivity index (χ1n) is 8.57. The summed E-state index contributed by atoms with van der Waals surface area (Å²) >= 11 is 0. The normalized spacial score (nSPS) is 12.3. The van der Waals surface area contributed by atoms with Crippen molar-refractivity contribution in [3.8, 4) is 0 Å². The van der Waals surface area contributed by atoms with E-state index in [-0.39, 0.29) is 0 Å². The standard InChI is InChI=1S/C18H36O2/c1-6-7-8-9-10-11-12-18(17(19)20,13-15(2)3)14-16(4)5/h15-16H,6-14H2,1-5H3,(H,19,20). The number of hydrogen-bond acceptors (Lipinski definition) is 1. The molecule has 0 fully saturated rings. The molecule has 0 bridgehead atoms. The van der Waals surface area contributed by atoms with Crippen LogP contribution in [-0.2, 0) is 4.79 Å². The van der Waals surface area contributed by atoms with E-state index in [1.165, 1.54) is 32.1 Å². The van der Waals surface area contributed by atoms with Crippen LogP contribution < -0.4 is 0 Å². The Kier molecular flexibility index (Phi) is 9.96. The average Bonchev–Trinajstić information content (AvgIpc) is 2.31. The third-order valence-corrected chi connectivity index (χ3v) is 4.06. The molecule has 0 radical (unpaired) electrons. The van der Waals surface area contributed by atoms with Gasteiger partial charge in [0, 0.05) is 0 Å². The lowest BCUT2D eigenvalue weighted by molar-refractivity contribution is -0.152. The molecule has 2 nitrogen and oxygen atoms in total. The SMILES string of the molecule is CCCCCCCCC(CC(C)C)(CC(C)C)C(=O)O. The van der Waals surface area contributed by atoms with Crippen LogP contribution in [0.1, 0.15) is 92.4 Å². The Hall–Kier alpha value is -0.530. The van der Waals surface area contributed by atoms with Crippen molar-refractivity contribution in [3.05, 3.63) is 0 Å². The average molecular weight is 284 g/mol. The molecule has 0 aromatic carbocycles. The molecule has 0 rings (SSSR count). The Balaban J connectivity index is 4.46. The third-order valence-electron chi connectivity index (χ3n) is 4.06. The maximum atomic E-state index is 11.9. The highest BCUT2D eigenvalue weighted by molar-refractivity contribution is 5.74. The highest BCUT2D eigenvalue weighted by Crippen LogP contribution is 2.39. The molecule has 0 aliphatic rings. The van der Waals surface area contributed by atoms with E-state index in [9.17, 15) is 9.90 Å². The van der Waals surface area contributed by atoms with Gasteiger partial charge in [-0.1, -0.05) is 73.1 Å². The molecule has 20 heavy (non-hydrogen) atoms. The number of unbranched alkanes of at least 4 members (excludes halogenated alkanes) is 5. The summed E-state index contributed by atoms with van der Waals surface area (Å²) in [6.45, 7) is 10.8. The molecule has 0 aromatic heterocycles. The zero-order valence-electron chi connectivity index (χ0n) is 14.4. The topological polar surface area (TPSA) is 37.3 Å². The highest BCUT2D eigenvalue weighted by Gasteiger charge is 2.38. The van der Waals surface area contributed by atoms with Crippen molar-refractivity contribution in [2.75, 3.05) is 0 Å². The molecule has 0 aliphatic heterocycles. The van der Waals surface area contributed by atoms with Crippen molar-refractivity contribution < 1.29 is 9.90 Å². The molecule has 0 aliphatic carbocycles. The van der Waals surface area contributed by atoms with E-state index in [2.05, 4.69) is 34.6 Å². The molecule has 0 saturated heterocycles. The lowest BCUT2D eigenvalue weighted by Gasteiger charge is -2.33. The fraction of sp³-hybridized carbons (Fsp3) is 0.944. The van der Waals surface area contributed by atoms with Crippen LogP contribution in [0.5, 0.6) is 0 Å². The summed E-state index contributed by atoms with van der Waals surface area (Å²) in [6, 6.07) is 0. The van der Waals surface area contributed by atoms with Gasteiger partial charge in [0.15, 0.2) is 0 Å². The van der Waals surface area contributed by atoms with Crippen LogP contribution in [0.4, 0.5) is 0 Å². The van der Waals surface area contributed by atoms with Crippen LogP contribution in [0.3, 0.4) is 0 Å². The van der Waals surface area contributed by atoms with Crippen LogP contribution in [0.25, 0.3) is 0 Å². The van der Waals surface area contributed by atoms with Gasteiger partial charge in [-0.25, -0.2) is 0 Å². The quantitative estimate of drug-likeness (QED) is 0.453. The van der Waals surface area contributed by atoms with E-state index in [1.807, 2.05) is 0 Å². The fourth-order valence-corrected chi connectivity index (χ4v) is 3.38. The Morgan fingerprint density at radius 1 is 0.900 bits per heavy atom.